The van der Waals surface area contributed by atoms with Gasteiger partial charge in [0.1, 0.15) is 5.57 Å². The quantitative estimate of drug-likeness (QED) is 0.260. The Morgan fingerprint density at radius 1 is 1.15 bits per heavy atom. The van der Waals surface area contributed by atoms with Crippen molar-refractivity contribution in [3.05, 3.63) is 83.3 Å². The van der Waals surface area contributed by atoms with Crippen LogP contribution in [0.3, 0.4) is 0 Å². The van der Waals surface area contributed by atoms with Gasteiger partial charge in [0, 0.05) is 17.6 Å². The average Bonchev–Trinajstić information content (AvgIpc) is 3.38. The molecule has 1 aromatic heterocycles. The second-order valence-corrected chi connectivity index (χ2v) is 8.00. The van der Waals surface area contributed by atoms with Crippen LogP contribution >= 0.6 is 0 Å². The number of hydrogen-bond acceptors (Lipinski definition) is 5. The minimum absolute atomic E-state index is 0.0939. The first-order valence-electron chi connectivity index (χ1n) is 11.0. The van der Waals surface area contributed by atoms with Crippen molar-refractivity contribution in [2.75, 3.05) is 0 Å². The highest BCUT2D eigenvalue weighted by Crippen LogP contribution is 2.45. The van der Waals surface area contributed by atoms with Gasteiger partial charge in [0.2, 0.25) is 11.5 Å². The fraction of sp³-hybridized carbons (Fsp3) is 0.269. The Morgan fingerprint density at radius 3 is 2.64 bits per heavy atom. The summed E-state index contributed by atoms with van der Waals surface area (Å²) in [5, 5.41) is 12.4. The zero-order valence-electron chi connectivity index (χ0n) is 18.4. The highest BCUT2D eigenvalue weighted by atomic mass is 16.7. The number of aromatic amines is 1. The molecule has 0 fully saturated rings. The Kier molecular flexibility index (Phi) is 6.75. The molecule has 1 unspecified atom stereocenters. The standard InChI is InChI=1S/C26H26N2O5/c1-2-3-9-14-26(31)24(21-15-19-12-7-8-13-20(19)27-21)23(22(16-29)33-26)25(30)28-32-17-18-10-5-4-6-11-18/h4-8,10-13,15,27,31H,2-3,9,14,17H2,1H3,(H,28,30). The lowest BCUT2D eigenvalue weighted by molar-refractivity contribution is -0.131. The molecule has 1 amide bonds. The van der Waals surface area contributed by atoms with Crippen LogP contribution in [0.4, 0.5) is 0 Å². The van der Waals surface area contributed by atoms with E-state index >= 15 is 0 Å². The summed E-state index contributed by atoms with van der Waals surface area (Å²) < 4.78 is 5.64. The number of para-hydroxylation sites is 1. The van der Waals surface area contributed by atoms with Crippen LogP contribution < -0.4 is 5.48 Å². The number of carbonyl (C=O) groups excluding carboxylic acids is 2. The first-order valence-corrected chi connectivity index (χ1v) is 11.0. The van der Waals surface area contributed by atoms with Crippen LogP contribution in [-0.2, 0) is 25.8 Å². The van der Waals surface area contributed by atoms with E-state index in [-0.39, 0.29) is 29.9 Å². The Balaban J connectivity index is 1.70. The predicted molar refractivity (Wildman–Crippen MR) is 124 cm³/mol. The number of hydrogen-bond donors (Lipinski definition) is 3. The molecule has 7 heteroatoms. The molecular weight excluding hydrogens is 420 g/mol. The fourth-order valence-corrected chi connectivity index (χ4v) is 4.02. The van der Waals surface area contributed by atoms with Crippen LogP contribution in [0.1, 0.15) is 43.9 Å². The van der Waals surface area contributed by atoms with Crippen molar-refractivity contribution in [2.24, 2.45) is 0 Å². The van der Waals surface area contributed by atoms with Gasteiger partial charge in [-0.1, -0.05) is 68.3 Å². The molecule has 1 aliphatic heterocycles. The van der Waals surface area contributed by atoms with Gasteiger partial charge in [-0.3, -0.25) is 9.63 Å². The summed E-state index contributed by atoms with van der Waals surface area (Å²) in [5.74, 6) is -1.19. The maximum atomic E-state index is 13.1. The van der Waals surface area contributed by atoms with Gasteiger partial charge in [-0.25, -0.2) is 10.3 Å². The molecule has 1 aliphatic rings. The van der Waals surface area contributed by atoms with E-state index in [2.05, 4.69) is 10.5 Å². The van der Waals surface area contributed by atoms with Crippen LogP contribution in [0.25, 0.3) is 16.5 Å². The van der Waals surface area contributed by atoms with Gasteiger partial charge < -0.3 is 14.8 Å². The van der Waals surface area contributed by atoms with Crippen molar-refractivity contribution in [1.82, 2.24) is 10.5 Å². The summed E-state index contributed by atoms with van der Waals surface area (Å²) in [7, 11) is 0. The molecule has 0 spiro atoms. The van der Waals surface area contributed by atoms with E-state index in [1.54, 1.807) is 5.94 Å². The van der Waals surface area contributed by atoms with E-state index in [4.69, 9.17) is 9.57 Å². The molecule has 1 atom stereocenters. The highest BCUT2D eigenvalue weighted by molar-refractivity contribution is 6.09. The number of H-pyrrole nitrogens is 1. The lowest BCUT2D eigenvalue weighted by atomic mass is 9.93. The van der Waals surface area contributed by atoms with Gasteiger partial charge in [-0.05, 0) is 29.5 Å². The first kappa shape index (κ1) is 22.6. The van der Waals surface area contributed by atoms with Gasteiger partial charge in [-0.15, -0.1) is 0 Å². The second kappa shape index (κ2) is 9.88. The van der Waals surface area contributed by atoms with Gasteiger partial charge in [0.15, 0.2) is 5.94 Å². The summed E-state index contributed by atoms with van der Waals surface area (Å²) in [6.07, 6.45) is 2.69. The largest absolute Gasteiger partial charge is 0.446 e. The van der Waals surface area contributed by atoms with Crippen LogP contribution in [0, 0.1) is 0 Å². The van der Waals surface area contributed by atoms with E-state index < -0.39 is 11.7 Å². The highest BCUT2D eigenvalue weighted by Gasteiger charge is 2.48. The van der Waals surface area contributed by atoms with E-state index in [0.29, 0.717) is 12.1 Å². The van der Waals surface area contributed by atoms with Gasteiger partial charge in [0.05, 0.1) is 12.2 Å². The molecule has 3 aromatic rings. The molecule has 0 radical (unpaired) electrons. The minimum atomic E-state index is -1.84. The van der Waals surface area contributed by atoms with Crippen LogP contribution in [-0.4, -0.2) is 27.7 Å². The first-order chi connectivity index (χ1) is 16.1. The number of carbonyl (C=O) groups is 1. The van der Waals surface area contributed by atoms with Crippen molar-refractivity contribution in [1.29, 1.82) is 0 Å². The summed E-state index contributed by atoms with van der Waals surface area (Å²) in [6, 6.07) is 18.8. The number of rotatable bonds is 9. The number of hydroxylamine groups is 1. The Labute approximate surface area is 191 Å². The molecule has 2 heterocycles. The molecule has 4 rings (SSSR count). The van der Waals surface area contributed by atoms with E-state index in [1.807, 2.05) is 67.6 Å². The van der Waals surface area contributed by atoms with Crippen molar-refractivity contribution in [2.45, 2.75) is 45.0 Å². The third kappa shape index (κ3) is 4.76. The van der Waals surface area contributed by atoms with E-state index in [0.717, 1.165) is 29.3 Å². The maximum absolute atomic E-state index is 13.1. The number of aliphatic hydroxyl groups is 1. The number of amides is 1. The lowest BCUT2D eigenvalue weighted by Crippen LogP contribution is -2.30. The van der Waals surface area contributed by atoms with E-state index in [1.165, 1.54) is 0 Å². The number of fused-ring (bicyclic) bond motifs is 1. The van der Waals surface area contributed by atoms with Crippen LogP contribution in [0.15, 0.2) is 72.0 Å². The number of unbranched alkanes of at least 4 members (excludes halogenated alkanes) is 2. The SMILES string of the molecule is CCCCCC1(O)OC(=C=O)C(C(=O)NOCc2ccccc2)=C1c1cc2ccccc2[nH]1. The number of ether oxygens (including phenoxy) is 1. The molecule has 170 valence electrons. The summed E-state index contributed by atoms with van der Waals surface area (Å²) in [6.45, 7) is 2.19. The second-order valence-electron chi connectivity index (χ2n) is 8.00. The Hall–Kier alpha value is -3.64. The molecule has 7 nitrogen and oxygen atoms in total. The van der Waals surface area contributed by atoms with Gasteiger partial charge in [-0.2, -0.15) is 0 Å². The van der Waals surface area contributed by atoms with Crippen LogP contribution in [0.2, 0.25) is 0 Å². The molecular formula is C26H26N2O5. The minimum Gasteiger partial charge on any atom is -0.446 e. The predicted octanol–water partition coefficient (Wildman–Crippen LogP) is 4.18. The van der Waals surface area contributed by atoms with Gasteiger partial charge in [0.25, 0.3) is 5.91 Å². The monoisotopic (exact) mass is 446 g/mol. The summed E-state index contributed by atoms with van der Waals surface area (Å²) in [5.41, 5.74) is 4.68. The van der Waals surface area contributed by atoms with Crippen molar-refractivity contribution < 1.29 is 24.3 Å². The molecule has 0 aliphatic carbocycles. The third-order valence-corrected chi connectivity index (χ3v) is 5.62. The number of benzene rings is 2. The Morgan fingerprint density at radius 2 is 1.91 bits per heavy atom. The van der Waals surface area contributed by atoms with Gasteiger partial charge >= 0.3 is 0 Å². The lowest BCUT2D eigenvalue weighted by Gasteiger charge is -2.25. The molecule has 33 heavy (non-hydrogen) atoms. The molecule has 3 N–H and O–H groups in total. The van der Waals surface area contributed by atoms with Crippen LogP contribution in [0.5, 0.6) is 0 Å². The number of aromatic nitrogens is 1. The molecule has 0 saturated heterocycles. The average molecular weight is 447 g/mol. The third-order valence-electron chi connectivity index (χ3n) is 5.62. The zero-order valence-corrected chi connectivity index (χ0v) is 18.4. The fourth-order valence-electron chi connectivity index (χ4n) is 4.02. The van der Waals surface area contributed by atoms with E-state index in [9.17, 15) is 14.7 Å². The maximum Gasteiger partial charge on any atom is 0.280 e. The molecule has 0 bridgehead atoms. The molecule has 0 saturated carbocycles. The normalized spacial score (nSPS) is 17.8. The number of nitrogens with one attached hydrogen (secondary N) is 2. The smallest absolute Gasteiger partial charge is 0.280 e. The summed E-state index contributed by atoms with van der Waals surface area (Å²) >= 11 is 0. The zero-order chi connectivity index (χ0) is 23.3. The van der Waals surface area contributed by atoms with Crippen molar-refractivity contribution >= 4 is 28.3 Å². The molecule has 2 aromatic carbocycles. The topological polar surface area (TPSA) is 101 Å². The van der Waals surface area contributed by atoms with Crippen molar-refractivity contribution in [3.63, 3.8) is 0 Å². The van der Waals surface area contributed by atoms with Crippen molar-refractivity contribution in [3.8, 4) is 0 Å². The Bertz CT molecular complexity index is 1190. The summed E-state index contributed by atoms with van der Waals surface area (Å²) in [4.78, 5) is 33.4.